The zero-order chi connectivity index (χ0) is 12.7. The molecule has 8 heteroatoms. The van der Waals surface area contributed by atoms with Crippen molar-refractivity contribution >= 4 is 19.7 Å². The third-order valence-corrected chi connectivity index (χ3v) is 2.96. The van der Waals surface area contributed by atoms with E-state index in [0.29, 0.717) is 0 Å². The summed E-state index contributed by atoms with van der Waals surface area (Å²) in [7, 11) is -2.37. The molecule has 0 amide bonds. The molecule has 0 aromatic rings. The summed E-state index contributed by atoms with van der Waals surface area (Å²) in [5.74, 6) is 0. The lowest BCUT2D eigenvalue weighted by atomic mass is 10.3. The van der Waals surface area contributed by atoms with Crippen molar-refractivity contribution in [2.75, 3.05) is 0 Å². The highest BCUT2D eigenvalue weighted by Crippen LogP contribution is 2.28. The first-order chi connectivity index (χ1) is 7.42. The molecule has 2 atom stereocenters. The maximum Gasteiger partial charge on any atom is 0.698 e. The van der Waals surface area contributed by atoms with Crippen LogP contribution in [0.2, 0.25) is 0 Å². The molecule has 0 spiro atoms. The minimum Gasteiger partial charge on any atom is -0.411 e. The fourth-order valence-corrected chi connectivity index (χ4v) is 1.47. The number of nitrogens with zero attached hydrogens (tertiary/aromatic N) is 2. The Labute approximate surface area is 94.7 Å². The van der Waals surface area contributed by atoms with Crippen LogP contribution in [-0.4, -0.2) is 34.0 Å². The third kappa shape index (κ3) is 5.16. The molecule has 0 radical (unpaired) electrons. The predicted molar refractivity (Wildman–Crippen MR) is 58.5 cm³/mol. The van der Waals surface area contributed by atoms with E-state index < -0.39 is 20.5 Å². The van der Waals surface area contributed by atoms with E-state index in [4.69, 9.17) is 19.5 Å². The van der Waals surface area contributed by atoms with Crippen LogP contribution in [-0.2, 0) is 13.6 Å². The van der Waals surface area contributed by atoms with Gasteiger partial charge in [-0.1, -0.05) is 10.3 Å². The largest absolute Gasteiger partial charge is 0.698 e. The summed E-state index contributed by atoms with van der Waals surface area (Å²) in [6.45, 7) is 6.20. The summed E-state index contributed by atoms with van der Waals surface area (Å²) in [5, 5.41) is 22.7. The zero-order valence-electron chi connectivity index (χ0n) is 9.62. The topological polar surface area (TPSA) is 101 Å². The molecule has 0 heterocycles. The molecular weight excluding hydrogens is 235 g/mol. The van der Waals surface area contributed by atoms with Crippen LogP contribution in [0.3, 0.4) is 0 Å². The third-order valence-electron chi connectivity index (χ3n) is 1.98. The lowest BCUT2D eigenvalue weighted by Crippen LogP contribution is -2.18. The fourth-order valence-electron chi connectivity index (χ4n) is 0.598. The van der Waals surface area contributed by atoms with Crippen LogP contribution in [0.5, 0.6) is 0 Å². The van der Waals surface area contributed by atoms with Crippen LogP contribution in [0, 0.1) is 0 Å². The van der Waals surface area contributed by atoms with Crippen LogP contribution >= 0.6 is 8.25 Å². The van der Waals surface area contributed by atoms with E-state index in [2.05, 4.69) is 10.3 Å². The number of hydrogen-bond donors (Lipinski definition) is 2. The van der Waals surface area contributed by atoms with Crippen LogP contribution in [0.25, 0.3) is 0 Å². The fraction of sp³-hybridized carbons (Fsp3) is 0.750. The second-order valence-electron chi connectivity index (χ2n) is 3.20. The predicted octanol–water partition coefficient (Wildman–Crippen LogP) is 2.15. The molecule has 0 fully saturated rings. The minimum atomic E-state index is -2.37. The average Bonchev–Trinajstić information content (AvgIpc) is 2.26. The standard InChI is InChI=1S/C8H15N2O5P/c1-5(9-11)7(3)14-16(13)15-8(4)6(2)10-12/h7-8H,1-4H3,(H-,11,12)/p+1. The quantitative estimate of drug-likeness (QED) is 0.326. The molecule has 92 valence electrons. The van der Waals surface area contributed by atoms with Crippen molar-refractivity contribution in [1.29, 1.82) is 0 Å². The highest BCUT2D eigenvalue weighted by molar-refractivity contribution is 7.33. The van der Waals surface area contributed by atoms with Crippen LogP contribution in [0.1, 0.15) is 27.7 Å². The molecule has 0 aromatic heterocycles. The maximum absolute atomic E-state index is 11.3. The van der Waals surface area contributed by atoms with Crippen molar-refractivity contribution in [2.24, 2.45) is 10.3 Å². The summed E-state index contributed by atoms with van der Waals surface area (Å²) in [6.07, 6.45) is -1.24. The van der Waals surface area contributed by atoms with E-state index in [-0.39, 0.29) is 11.4 Å². The molecule has 0 aliphatic heterocycles. The van der Waals surface area contributed by atoms with Gasteiger partial charge in [-0.15, -0.1) is 9.05 Å². The Morgan fingerprint density at radius 1 is 1.06 bits per heavy atom. The summed E-state index contributed by atoms with van der Waals surface area (Å²) < 4.78 is 21.2. The molecule has 0 aliphatic carbocycles. The van der Waals surface area contributed by atoms with Gasteiger partial charge in [0.05, 0.1) is 11.4 Å². The smallest absolute Gasteiger partial charge is 0.411 e. The Bertz CT molecular complexity index is 277. The van der Waals surface area contributed by atoms with Crippen molar-refractivity contribution in [3.8, 4) is 0 Å². The summed E-state index contributed by atoms with van der Waals surface area (Å²) in [6, 6.07) is 0. The lowest BCUT2D eigenvalue weighted by Gasteiger charge is -2.03. The van der Waals surface area contributed by atoms with E-state index in [1.54, 1.807) is 13.8 Å². The number of hydrogen-bond acceptors (Lipinski definition) is 7. The SMILES string of the molecule is CC(=NO)C(C)O[P+](=O)OC(C)C(C)=NO. The first-order valence-electron chi connectivity index (χ1n) is 4.60. The van der Waals surface area contributed by atoms with Gasteiger partial charge < -0.3 is 10.4 Å². The summed E-state index contributed by atoms with van der Waals surface area (Å²) in [5.41, 5.74) is 0.569. The highest BCUT2D eigenvalue weighted by Gasteiger charge is 2.30. The van der Waals surface area contributed by atoms with Gasteiger partial charge in [-0.3, -0.25) is 0 Å². The van der Waals surface area contributed by atoms with E-state index in [1.165, 1.54) is 13.8 Å². The molecule has 2 unspecified atom stereocenters. The van der Waals surface area contributed by atoms with Gasteiger partial charge in [0.25, 0.3) is 0 Å². The van der Waals surface area contributed by atoms with Gasteiger partial charge in [-0.05, 0) is 27.7 Å². The van der Waals surface area contributed by atoms with Gasteiger partial charge in [0.1, 0.15) is 0 Å². The van der Waals surface area contributed by atoms with E-state index in [1.807, 2.05) is 0 Å². The first kappa shape index (κ1) is 15.0. The average molecular weight is 251 g/mol. The molecule has 0 saturated heterocycles. The van der Waals surface area contributed by atoms with Crippen molar-refractivity contribution in [2.45, 2.75) is 39.9 Å². The monoisotopic (exact) mass is 251 g/mol. The summed E-state index contributed by atoms with van der Waals surface area (Å²) in [4.78, 5) is 0. The lowest BCUT2D eigenvalue weighted by molar-refractivity contribution is 0.192. The molecule has 2 N–H and O–H groups in total. The highest BCUT2D eigenvalue weighted by atomic mass is 31.1. The van der Waals surface area contributed by atoms with Gasteiger partial charge in [0.15, 0.2) is 12.2 Å². The Kier molecular flexibility index (Phi) is 6.80. The van der Waals surface area contributed by atoms with Gasteiger partial charge in [-0.2, -0.15) is 0 Å². The van der Waals surface area contributed by atoms with E-state index >= 15 is 0 Å². The van der Waals surface area contributed by atoms with Crippen molar-refractivity contribution < 1.29 is 24.0 Å². The van der Waals surface area contributed by atoms with E-state index in [9.17, 15) is 4.57 Å². The van der Waals surface area contributed by atoms with Crippen LogP contribution in [0.15, 0.2) is 10.3 Å². The van der Waals surface area contributed by atoms with Crippen molar-refractivity contribution in [3.63, 3.8) is 0 Å². The van der Waals surface area contributed by atoms with Crippen molar-refractivity contribution in [1.82, 2.24) is 0 Å². The normalized spacial score (nSPS) is 18.1. The molecule has 0 rings (SSSR count). The zero-order valence-corrected chi connectivity index (χ0v) is 10.5. The Hall–Kier alpha value is -1.04. The number of rotatable bonds is 6. The Morgan fingerprint density at radius 2 is 1.38 bits per heavy atom. The maximum atomic E-state index is 11.3. The first-order valence-corrected chi connectivity index (χ1v) is 5.69. The molecular formula is C8H16N2O5P+. The van der Waals surface area contributed by atoms with Gasteiger partial charge in [0.2, 0.25) is 0 Å². The van der Waals surface area contributed by atoms with Gasteiger partial charge >= 0.3 is 8.25 Å². The second kappa shape index (κ2) is 7.27. The van der Waals surface area contributed by atoms with Gasteiger partial charge in [-0.25, -0.2) is 0 Å². The second-order valence-corrected chi connectivity index (χ2v) is 4.07. The molecule has 16 heavy (non-hydrogen) atoms. The Morgan fingerprint density at radius 3 is 1.62 bits per heavy atom. The Balaban J connectivity index is 4.19. The molecule has 0 bridgehead atoms. The van der Waals surface area contributed by atoms with Crippen LogP contribution < -0.4 is 0 Å². The molecule has 0 aliphatic rings. The molecule has 0 aromatic carbocycles. The number of oxime groups is 2. The van der Waals surface area contributed by atoms with Crippen molar-refractivity contribution in [3.05, 3.63) is 0 Å². The van der Waals surface area contributed by atoms with E-state index in [0.717, 1.165) is 0 Å². The molecule has 7 nitrogen and oxygen atoms in total. The van der Waals surface area contributed by atoms with Gasteiger partial charge in [0, 0.05) is 4.57 Å². The summed E-state index contributed by atoms with van der Waals surface area (Å²) >= 11 is 0. The molecule has 0 saturated carbocycles. The minimum absolute atomic E-state index is 0.284. The van der Waals surface area contributed by atoms with Crippen LogP contribution in [0.4, 0.5) is 0 Å².